The van der Waals surface area contributed by atoms with Crippen molar-refractivity contribution in [3.8, 4) is 5.75 Å². The van der Waals surface area contributed by atoms with Crippen LogP contribution in [0.3, 0.4) is 0 Å². The summed E-state index contributed by atoms with van der Waals surface area (Å²) >= 11 is 0. The molecule has 0 saturated heterocycles. The highest BCUT2D eigenvalue weighted by Gasteiger charge is 1.96. The number of hydrogen-bond donors (Lipinski definition) is 1. The molecule has 0 aliphatic rings. The number of rotatable bonds is 0. The van der Waals surface area contributed by atoms with Crippen molar-refractivity contribution in [2.75, 3.05) is 0 Å². The quantitative estimate of drug-likeness (QED) is 0.699. The molecule has 3 nitrogen and oxygen atoms in total. The lowest BCUT2D eigenvalue weighted by Crippen LogP contribution is -1.76. The van der Waals surface area contributed by atoms with Gasteiger partial charge in [-0.2, -0.15) is 0 Å². The lowest BCUT2D eigenvalue weighted by atomic mass is 10.2. The van der Waals surface area contributed by atoms with E-state index in [4.69, 9.17) is 0 Å². The number of carbonyl (C=O) groups excluding carboxylic acids is 1. The first-order chi connectivity index (χ1) is 7.11. The molecule has 0 saturated carbocycles. The predicted octanol–water partition coefficient (Wildman–Crippen LogP) is 1.35. The van der Waals surface area contributed by atoms with E-state index in [2.05, 4.69) is 4.98 Å². The van der Waals surface area contributed by atoms with Gasteiger partial charge in [-0.05, 0) is 26.0 Å². The van der Waals surface area contributed by atoms with Gasteiger partial charge < -0.3 is 9.90 Å². The minimum absolute atomic E-state index is 0. The highest BCUT2D eigenvalue weighted by Crippen LogP contribution is 2.20. The van der Waals surface area contributed by atoms with E-state index < -0.39 is 0 Å². The van der Waals surface area contributed by atoms with Crippen molar-refractivity contribution in [1.29, 1.82) is 0 Å². The van der Waals surface area contributed by atoms with Crippen LogP contribution < -0.4 is 0 Å². The van der Waals surface area contributed by atoms with Crippen LogP contribution in [0.15, 0.2) is 36.5 Å². The Balaban J connectivity index is 0.000000397. The largest absolute Gasteiger partial charge is 0.506 e. The fraction of sp³-hybridized carbons (Fsp3) is 0.167. The molecule has 0 aliphatic carbocycles. The molecule has 16 heavy (non-hydrogen) atoms. The number of carbonyl (C=O) groups is 1. The Morgan fingerprint density at radius 1 is 1.19 bits per heavy atom. The number of para-hydroxylation sites is 1. The normalized spacial score (nSPS) is 8.62. The Morgan fingerprint density at radius 2 is 1.75 bits per heavy atom. The van der Waals surface area contributed by atoms with Gasteiger partial charge in [-0.3, -0.25) is 4.98 Å². The summed E-state index contributed by atoms with van der Waals surface area (Å²) in [5.74, 6) is 0.406. The molecule has 1 aromatic heterocycles. The molecule has 2 rings (SSSR count). The van der Waals surface area contributed by atoms with Crippen LogP contribution in [0.2, 0.25) is 0 Å². The summed E-state index contributed by atoms with van der Waals surface area (Å²) < 4.78 is 0. The summed E-state index contributed by atoms with van der Waals surface area (Å²) in [5.41, 5.74) is 0.662. The second-order valence-electron chi connectivity index (χ2n) is 3.26. The van der Waals surface area contributed by atoms with Crippen molar-refractivity contribution >= 4 is 34.0 Å². The molecule has 1 heterocycles. The second kappa shape index (κ2) is 7.00. The first kappa shape index (κ1) is 14.6. The summed E-state index contributed by atoms with van der Waals surface area (Å²) in [7, 11) is 0. The van der Waals surface area contributed by atoms with Crippen LogP contribution in [0.1, 0.15) is 13.8 Å². The third-order valence-electron chi connectivity index (χ3n) is 1.61. The average Bonchev–Trinajstić information content (AvgIpc) is 2.18. The van der Waals surface area contributed by atoms with Gasteiger partial charge in [-0.25, -0.2) is 0 Å². The number of Topliss-reactive ketones (excluding diaryl/α,β-unsaturated/α-hetero) is 1. The Labute approximate surface area is 105 Å². The van der Waals surface area contributed by atoms with Crippen molar-refractivity contribution < 1.29 is 9.90 Å². The molecule has 0 spiro atoms. The molecule has 0 atom stereocenters. The zero-order valence-corrected chi connectivity index (χ0v) is 8.77. The number of fused-ring (bicyclic) bond motifs is 1. The zero-order valence-electron chi connectivity index (χ0n) is 8.77. The van der Waals surface area contributed by atoms with Crippen LogP contribution in [-0.4, -0.2) is 33.2 Å². The first-order valence-electron chi connectivity index (χ1n) is 4.61. The number of phenols is 1. The van der Waals surface area contributed by atoms with Gasteiger partial charge in [0.2, 0.25) is 0 Å². The smallest absolute Gasteiger partial charge is 0.187 e. The summed E-state index contributed by atoms with van der Waals surface area (Å²) in [6.07, 6.45) is 1.67. The zero-order chi connectivity index (χ0) is 11.3. The maximum absolute atomic E-state index is 9.44. The number of aromatic nitrogens is 1. The van der Waals surface area contributed by atoms with Crippen molar-refractivity contribution in [2.24, 2.45) is 0 Å². The molecule has 2 aromatic rings. The van der Waals surface area contributed by atoms with Crippen LogP contribution in [0.25, 0.3) is 10.9 Å². The van der Waals surface area contributed by atoms with Crippen molar-refractivity contribution in [2.45, 2.75) is 13.8 Å². The van der Waals surface area contributed by atoms with E-state index in [1.54, 1.807) is 18.3 Å². The molecule has 0 bridgehead atoms. The number of benzene rings is 1. The molecule has 0 radical (unpaired) electrons. The monoisotopic (exact) mass is 233 g/mol. The van der Waals surface area contributed by atoms with E-state index in [0.717, 1.165) is 5.39 Å². The van der Waals surface area contributed by atoms with Crippen LogP contribution in [0.4, 0.5) is 0 Å². The third kappa shape index (κ3) is 4.43. The number of aromatic hydroxyl groups is 1. The number of nitrogens with zero attached hydrogens (tertiary/aromatic N) is 1. The van der Waals surface area contributed by atoms with E-state index in [0.29, 0.717) is 5.52 Å². The standard InChI is InChI=1S/C9H7NO.C3H6O.Al.3H/c11-8-5-1-3-7-4-2-6-10-9(7)8;1-3(2)4;;;;/h1-6,11H;1-2H3;;;;. The Hall–Kier alpha value is -1.37. The van der Waals surface area contributed by atoms with Gasteiger partial charge >= 0.3 is 0 Å². The summed E-state index contributed by atoms with van der Waals surface area (Å²) in [4.78, 5) is 13.5. The van der Waals surface area contributed by atoms with Gasteiger partial charge in [-0.1, -0.05) is 18.2 Å². The highest BCUT2D eigenvalue weighted by atomic mass is 27.0. The molecular formula is C12H16AlNO2. The van der Waals surface area contributed by atoms with Crippen LogP contribution in [0, 0.1) is 0 Å². The van der Waals surface area contributed by atoms with E-state index in [1.165, 1.54) is 13.8 Å². The molecule has 0 unspecified atom stereocenters. The second-order valence-corrected chi connectivity index (χ2v) is 3.26. The van der Waals surface area contributed by atoms with Gasteiger partial charge in [0, 0.05) is 11.6 Å². The molecule has 1 N–H and O–H groups in total. The summed E-state index contributed by atoms with van der Waals surface area (Å²) in [5, 5.41) is 10.3. The van der Waals surface area contributed by atoms with Crippen molar-refractivity contribution in [1.82, 2.24) is 4.98 Å². The van der Waals surface area contributed by atoms with Gasteiger partial charge in [0.25, 0.3) is 0 Å². The average molecular weight is 233 g/mol. The topological polar surface area (TPSA) is 50.2 Å². The Morgan fingerprint density at radius 3 is 2.31 bits per heavy atom. The minimum atomic E-state index is 0. The predicted molar refractivity (Wildman–Crippen MR) is 69.7 cm³/mol. The maximum Gasteiger partial charge on any atom is 0.187 e. The fourth-order valence-corrected chi connectivity index (χ4v) is 1.09. The van der Waals surface area contributed by atoms with E-state index in [9.17, 15) is 9.90 Å². The molecule has 1 aromatic carbocycles. The molecule has 0 fully saturated rings. The minimum Gasteiger partial charge on any atom is -0.506 e. The van der Waals surface area contributed by atoms with Gasteiger partial charge in [0.1, 0.15) is 17.0 Å². The number of phenolic OH excluding ortho intramolecular Hbond substituents is 1. The number of hydrogen-bond acceptors (Lipinski definition) is 3. The van der Waals surface area contributed by atoms with Gasteiger partial charge in [0.15, 0.2) is 17.4 Å². The third-order valence-corrected chi connectivity index (χ3v) is 1.61. The van der Waals surface area contributed by atoms with Gasteiger partial charge in [0.05, 0.1) is 0 Å². The lowest BCUT2D eigenvalue weighted by Gasteiger charge is -1.96. The van der Waals surface area contributed by atoms with Crippen LogP contribution in [-0.2, 0) is 4.79 Å². The van der Waals surface area contributed by atoms with E-state index >= 15 is 0 Å². The summed E-state index contributed by atoms with van der Waals surface area (Å²) in [6, 6.07) is 9.13. The molecule has 84 valence electrons. The number of ketones is 1. The number of pyridine rings is 1. The van der Waals surface area contributed by atoms with E-state index in [1.807, 2.05) is 18.2 Å². The van der Waals surface area contributed by atoms with Gasteiger partial charge in [-0.15, -0.1) is 0 Å². The fourth-order valence-electron chi connectivity index (χ4n) is 1.09. The van der Waals surface area contributed by atoms with Crippen molar-refractivity contribution in [3.63, 3.8) is 0 Å². The van der Waals surface area contributed by atoms with Crippen molar-refractivity contribution in [3.05, 3.63) is 36.5 Å². The molecule has 0 amide bonds. The van der Waals surface area contributed by atoms with E-state index in [-0.39, 0.29) is 28.9 Å². The lowest BCUT2D eigenvalue weighted by molar-refractivity contribution is -0.114. The molecule has 4 heteroatoms. The highest BCUT2D eigenvalue weighted by molar-refractivity contribution is 5.83. The Kier molecular flexibility index (Phi) is 6.40. The van der Waals surface area contributed by atoms with Crippen LogP contribution in [0.5, 0.6) is 5.75 Å². The first-order valence-corrected chi connectivity index (χ1v) is 4.61. The summed E-state index contributed by atoms with van der Waals surface area (Å²) in [6.45, 7) is 3.06. The SMILES string of the molecule is CC(C)=O.Oc1cccc2cccnc12.[AlH3]. The van der Waals surface area contributed by atoms with Crippen LogP contribution >= 0.6 is 0 Å². The maximum atomic E-state index is 9.44. The Bertz CT molecular complexity index is 462. The molecular weight excluding hydrogens is 217 g/mol. The molecule has 0 aliphatic heterocycles.